The van der Waals surface area contributed by atoms with Gasteiger partial charge >= 0.3 is 5.97 Å². The van der Waals surface area contributed by atoms with E-state index in [1.807, 2.05) is 0 Å². The molecule has 0 saturated heterocycles. The van der Waals surface area contributed by atoms with Crippen molar-refractivity contribution in [1.82, 2.24) is 13.5 Å². The van der Waals surface area contributed by atoms with Crippen LogP contribution in [0.25, 0.3) is 11.0 Å². The average molecular weight is 301 g/mol. The van der Waals surface area contributed by atoms with E-state index in [2.05, 4.69) is 13.5 Å². The Kier molecular flexibility index (Phi) is 3.78. The Labute approximate surface area is 113 Å². The van der Waals surface area contributed by atoms with Crippen LogP contribution in [-0.2, 0) is 14.8 Å². The highest BCUT2D eigenvalue weighted by atomic mass is 32.2. The van der Waals surface area contributed by atoms with E-state index in [1.165, 1.54) is 6.07 Å². The van der Waals surface area contributed by atoms with Crippen LogP contribution in [0.2, 0.25) is 0 Å². The maximum atomic E-state index is 12.2. The zero-order chi connectivity index (χ0) is 14.0. The number of nitrogens with one attached hydrogen (secondary N) is 1. The van der Waals surface area contributed by atoms with Crippen molar-refractivity contribution in [2.24, 2.45) is 0 Å². The summed E-state index contributed by atoms with van der Waals surface area (Å²) in [6.45, 7) is 1.59. The summed E-state index contributed by atoms with van der Waals surface area (Å²) in [6.07, 6.45) is 0.153. The molecule has 0 spiro atoms. The maximum Gasteiger partial charge on any atom is 0.321 e. The number of carboxylic acids is 1. The molecule has 0 radical (unpaired) electrons. The van der Waals surface area contributed by atoms with E-state index in [-0.39, 0.29) is 16.8 Å². The lowest BCUT2D eigenvalue weighted by Gasteiger charge is -2.12. The van der Waals surface area contributed by atoms with Crippen molar-refractivity contribution in [3.63, 3.8) is 0 Å². The molecular formula is C10H11N3O4S2. The minimum atomic E-state index is -3.94. The summed E-state index contributed by atoms with van der Waals surface area (Å²) in [6, 6.07) is 3.40. The lowest BCUT2D eigenvalue weighted by molar-refractivity contribution is -0.139. The van der Waals surface area contributed by atoms with Crippen LogP contribution >= 0.6 is 11.7 Å². The highest BCUT2D eigenvalue weighted by Crippen LogP contribution is 2.21. The number of aromatic nitrogens is 2. The molecule has 2 aromatic rings. The fourth-order valence-corrected chi connectivity index (χ4v) is 3.60. The van der Waals surface area contributed by atoms with Crippen LogP contribution in [0.4, 0.5) is 0 Å². The lowest BCUT2D eigenvalue weighted by Crippen LogP contribution is -2.40. The van der Waals surface area contributed by atoms with Crippen LogP contribution in [0.1, 0.15) is 13.3 Å². The van der Waals surface area contributed by atoms with Crippen LogP contribution in [-0.4, -0.2) is 34.3 Å². The monoisotopic (exact) mass is 301 g/mol. The van der Waals surface area contributed by atoms with Gasteiger partial charge in [-0.15, -0.1) is 0 Å². The fraction of sp³-hybridized carbons (Fsp3) is 0.300. The number of hydrogen-bond donors (Lipinski definition) is 2. The molecule has 9 heteroatoms. The predicted molar refractivity (Wildman–Crippen MR) is 69.5 cm³/mol. The quantitative estimate of drug-likeness (QED) is 0.846. The second-order valence-electron chi connectivity index (χ2n) is 3.81. The van der Waals surface area contributed by atoms with Crippen LogP contribution in [0, 0.1) is 0 Å². The van der Waals surface area contributed by atoms with Crippen molar-refractivity contribution >= 4 is 38.8 Å². The van der Waals surface area contributed by atoms with Gasteiger partial charge in [-0.05, 0) is 18.6 Å². The normalized spacial score (nSPS) is 13.5. The molecule has 0 bridgehead atoms. The highest BCUT2D eigenvalue weighted by Gasteiger charge is 2.26. The Balaban J connectivity index is 2.45. The summed E-state index contributed by atoms with van der Waals surface area (Å²) in [4.78, 5) is 10.8. The van der Waals surface area contributed by atoms with Crippen LogP contribution in [0.3, 0.4) is 0 Å². The van der Waals surface area contributed by atoms with Gasteiger partial charge in [0, 0.05) is 0 Å². The summed E-state index contributed by atoms with van der Waals surface area (Å²) < 4.78 is 34.4. The minimum absolute atomic E-state index is 0.0570. The van der Waals surface area contributed by atoms with Gasteiger partial charge in [0.25, 0.3) is 0 Å². The third kappa shape index (κ3) is 2.72. The summed E-state index contributed by atoms with van der Waals surface area (Å²) in [5, 5.41) is 8.90. The Morgan fingerprint density at radius 1 is 1.47 bits per heavy atom. The number of rotatable bonds is 5. The number of sulfonamides is 1. The molecule has 0 saturated carbocycles. The van der Waals surface area contributed by atoms with Crippen LogP contribution in [0.15, 0.2) is 23.1 Å². The zero-order valence-electron chi connectivity index (χ0n) is 9.90. The molecule has 2 rings (SSSR count). The molecule has 1 unspecified atom stereocenters. The number of fused-ring (bicyclic) bond motifs is 1. The van der Waals surface area contributed by atoms with E-state index in [4.69, 9.17) is 5.11 Å². The second-order valence-corrected chi connectivity index (χ2v) is 6.02. The minimum Gasteiger partial charge on any atom is -0.480 e. The van der Waals surface area contributed by atoms with Gasteiger partial charge in [0.2, 0.25) is 10.0 Å². The van der Waals surface area contributed by atoms with Gasteiger partial charge in [0.05, 0.1) is 11.7 Å². The molecule has 2 N–H and O–H groups in total. The fourth-order valence-electron chi connectivity index (χ4n) is 1.56. The number of aliphatic carboxylic acids is 1. The molecule has 0 aliphatic rings. The SMILES string of the molecule is CCC(NS(=O)(=O)c1cccc2nsnc12)C(=O)O. The predicted octanol–water partition coefficient (Wildman–Crippen LogP) is 0.833. The number of benzene rings is 1. The van der Waals surface area contributed by atoms with Crippen LogP contribution in [0.5, 0.6) is 0 Å². The van der Waals surface area contributed by atoms with E-state index in [9.17, 15) is 13.2 Å². The van der Waals surface area contributed by atoms with E-state index in [0.29, 0.717) is 5.52 Å². The lowest BCUT2D eigenvalue weighted by atomic mass is 10.2. The third-order valence-electron chi connectivity index (χ3n) is 2.54. The first-order chi connectivity index (χ1) is 8.95. The molecular weight excluding hydrogens is 290 g/mol. The van der Waals surface area contributed by atoms with Crippen molar-refractivity contribution in [3.05, 3.63) is 18.2 Å². The maximum absolute atomic E-state index is 12.2. The topological polar surface area (TPSA) is 109 Å². The van der Waals surface area contributed by atoms with Gasteiger partial charge in [0.15, 0.2) is 0 Å². The van der Waals surface area contributed by atoms with Crippen molar-refractivity contribution in [2.45, 2.75) is 24.3 Å². The average Bonchev–Trinajstić information content (AvgIpc) is 2.83. The number of nitrogens with zero attached hydrogens (tertiary/aromatic N) is 2. The molecule has 7 nitrogen and oxygen atoms in total. The molecule has 19 heavy (non-hydrogen) atoms. The molecule has 1 heterocycles. The molecule has 1 aromatic heterocycles. The van der Waals surface area contributed by atoms with Gasteiger partial charge in [-0.25, -0.2) is 8.42 Å². The van der Waals surface area contributed by atoms with Gasteiger partial charge in [0.1, 0.15) is 22.0 Å². The summed E-state index contributed by atoms with van der Waals surface area (Å²) in [5.41, 5.74) is 0.719. The number of carboxylic acid groups (broad SMARTS) is 1. The first-order valence-corrected chi connectivity index (χ1v) is 7.63. The first kappa shape index (κ1) is 13.8. The number of carbonyl (C=O) groups is 1. The van der Waals surface area contributed by atoms with E-state index in [0.717, 1.165) is 11.7 Å². The molecule has 1 aromatic carbocycles. The number of hydrogen-bond acceptors (Lipinski definition) is 6. The molecule has 0 fully saturated rings. The molecule has 102 valence electrons. The van der Waals surface area contributed by atoms with Gasteiger partial charge in [-0.2, -0.15) is 13.5 Å². The first-order valence-electron chi connectivity index (χ1n) is 5.42. The van der Waals surface area contributed by atoms with Crippen molar-refractivity contribution in [1.29, 1.82) is 0 Å². The largest absolute Gasteiger partial charge is 0.480 e. The van der Waals surface area contributed by atoms with Gasteiger partial charge in [-0.1, -0.05) is 13.0 Å². The zero-order valence-corrected chi connectivity index (χ0v) is 11.5. The third-order valence-corrected chi connectivity index (χ3v) is 4.59. The summed E-state index contributed by atoms with van der Waals surface area (Å²) >= 11 is 0.906. The Morgan fingerprint density at radius 3 is 2.84 bits per heavy atom. The highest BCUT2D eigenvalue weighted by molar-refractivity contribution is 7.89. The van der Waals surface area contributed by atoms with Crippen molar-refractivity contribution in [3.8, 4) is 0 Å². The second kappa shape index (κ2) is 5.19. The van der Waals surface area contributed by atoms with Gasteiger partial charge in [-0.3, -0.25) is 4.79 Å². The Morgan fingerprint density at radius 2 is 2.21 bits per heavy atom. The molecule has 0 aliphatic heterocycles. The molecule has 0 aliphatic carbocycles. The van der Waals surface area contributed by atoms with E-state index >= 15 is 0 Å². The van der Waals surface area contributed by atoms with E-state index in [1.54, 1.807) is 19.1 Å². The Hall–Kier alpha value is -1.58. The van der Waals surface area contributed by atoms with Gasteiger partial charge < -0.3 is 5.11 Å². The summed E-state index contributed by atoms with van der Waals surface area (Å²) in [5.74, 6) is -1.21. The smallest absolute Gasteiger partial charge is 0.321 e. The van der Waals surface area contributed by atoms with Crippen LogP contribution < -0.4 is 4.72 Å². The van der Waals surface area contributed by atoms with Crippen molar-refractivity contribution < 1.29 is 18.3 Å². The Bertz CT molecular complexity index is 710. The molecule has 1 atom stereocenters. The van der Waals surface area contributed by atoms with Crippen molar-refractivity contribution in [2.75, 3.05) is 0 Å². The molecule has 0 amide bonds. The summed E-state index contributed by atoms with van der Waals surface area (Å²) in [7, 11) is -3.94. The van der Waals surface area contributed by atoms with E-state index < -0.39 is 22.0 Å². The standard InChI is InChI=1S/C10H11N3O4S2/c1-2-6(10(14)15)13-19(16,17)8-5-3-4-7-9(8)12-18-11-7/h3-6,13H,2H2,1H3,(H,14,15).